The molecule has 5 aromatic rings. The van der Waals surface area contributed by atoms with Gasteiger partial charge in [0.1, 0.15) is 17.0 Å². The Morgan fingerprint density at radius 2 is 1.53 bits per heavy atom. The number of aromatic amines is 1. The van der Waals surface area contributed by atoms with Gasteiger partial charge in [-0.05, 0) is 48.0 Å². The minimum absolute atomic E-state index is 0.0174. The smallest absolute Gasteiger partial charge is 0.324 e. The van der Waals surface area contributed by atoms with Crippen molar-refractivity contribution in [3.8, 4) is 22.6 Å². The number of aromatic nitrogens is 2. The van der Waals surface area contributed by atoms with Crippen LogP contribution in [-0.4, -0.2) is 16.2 Å². The molecule has 0 aliphatic rings. The van der Waals surface area contributed by atoms with Crippen molar-refractivity contribution < 1.29 is 13.9 Å². The quantitative estimate of drug-likeness (QED) is 0.248. The Labute approximate surface area is 199 Å². The molecule has 0 aliphatic carbocycles. The van der Waals surface area contributed by atoms with E-state index < -0.39 is 11.8 Å². The Morgan fingerprint density at radius 1 is 0.882 bits per heavy atom. The van der Waals surface area contributed by atoms with Gasteiger partial charge in [0, 0.05) is 16.6 Å². The largest absolute Gasteiger partial charge is 0.457 e. The molecule has 0 spiro atoms. The van der Waals surface area contributed by atoms with Gasteiger partial charge in [0.15, 0.2) is 11.6 Å². The first kappa shape index (κ1) is 21.5. The fraction of sp³-hybridized carbons (Fsp3) is 0. The zero-order chi connectivity index (χ0) is 23.5. The second-order valence-electron chi connectivity index (χ2n) is 7.43. The number of ether oxygens (including phenoxy) is 1. The van der Waals surface area contributed by atoms with Crippen molar-refractivity contribution in [3.05, 3.63) is 102 Å². The van der Waals surface area contributed by atoms with Crippen LogP contribution in [0.5, 0.6) is 11.5 Å². The Hall–Kier alpha value is -4.36. The number of nitrogens with zero attached hydrogens (tertiary/aromatic N) is 1. The van der Waals surface area contributed by atoms with Crippen molar-refractivity contribution in [2.45, 2.75) is 0 Å². The molecule has 8 heteroatoms. The van der Waals surface area contributed by atoms with Gasteiger partial charge in [-0.15, -0.1) is 0 Å². The fourth-order valence-corrected chi connectivity index (χ4v) is 3.78. The lowest BCUT2D eigenvalue weighted by Crippen LogP contribution is -2.19. The summed E-state index contributed by atoms with van der Waals surface area (Å²) in [5.41, 5.74) is 1.92. The normalized spacial score (nSPS) is 10.8. The van der Waals surface area contributed by atoms with E-state index in [0.29, 0.717) is 28.1 Å². The van der Waals surface area contributed by atoms with Crippen LogP contribution in [0.3, 0.4) is 0 Å². The van der Waals surface area contributed by atoms with E-state index >= 15 is 0 Å². The molecule has 0 saturated carbocycles. The van der Waals surface area contributed by atoms with Gasteiger partial charge < -0.3 is 10.1 Å². The van der Waals surface area contributed by atoms with E-state index in [1.165, 1.54) is 0 Å². The molecule has 34 heavy (non-hydrogen) atoms. The van der Waals surface area contributed by atoms with Gasteiger partial charge in [0.2, 0.25) is 0 Å². The average Bonchev–Trinajstić information content (AvgIpc) is 3.26. The number of benzene rings is 4. The van der Waals surface area contributed by atoms with E-state index in [4.69, 9.17) is 16.3 Å². The van der Waals surface area contributed by atoms with Gasteiger partial charge in [-0.1, -0.05) is 60.1 Å². The number of hydrogen-bond donors (Lipinski definition) is 3. The molecule has 0 unspecified atom stereocenters. The van der Waals surface area contributed by atoms with Gasteiger partial charge in [0.25, 0.3) is 0 Å². The summed E-state index contributed by atoms with van der Waals surface area (Å²) >= 11 is 6.26. The standard InChI is InChI=1S/C26H18ClFN4O2/c27-22-20(16-7-3-1-4-8-16)15-21-24(23(22)28)31-32-25(21)30-26(33)29-17-11-13-19(14-12-17)34-18-9-5-2-6-10-18/h1-15H,(H3,29,30,31,32,33). The number of carbonyl (C=O) groups excluding carboxylic acids is 1. The molecule has 0 bridgehead atoms. The molecular weight excluding hydrogens is 455 g/mol. The number of nitrogens with one attached hydrogen (secondary N) is 3. The topological polar surface area (TPSA) is 79.0 Å². The average molecular weight is 473 g/mol. The van der Waals surface area contributed by atoms with Crippen molar-refractivity contribution in [2.24, 2.45) is 0 Å². The number of carbonyl (C=O) groups is 1. The molecule has 4 aromatic carbocycles. The number of anilines is 2. The summed E-state index contributed by atoms with van der Waals surface area (Å²) in [4.78, 5) is 12.6. The summed E-state index contributed by atoms with van der Waals surface area (Å²) in [5.74, 6) is 0.905. The Morgan fingerprint density at radius 3 is 2.24 bits per heavy atom. The Kier molecular flexibility index (Phi) is 5.84. The highest BCUT2D eigenvalue weighted by atomic mass is 35.5. The zero-order valence-corrected chi connectivity index (χ0v) is 18.4. The Bertz CT molecular complexity index is 1460. The van der Waals surface area contributed by atoms with E-state index in [-0.39, 0.29) is 16.4 Å². The van der Waals surface area contributed by atoms with E-state index in [2.05, 4.69) is 20.8 Å². The predicted octanol–water partition coefficient (Wildman–Crippen LogP) is 7.46. The highest BCUT2D eigenvalue weighted by molar-refractivity contribution is 6.34. The van der Waals surface area contributed by atoms with Crippen LogP contribution in [0, 0.1) is 5.82 Å². The summed E-state index contributed by atoms with van der Waals surface area (Å²) in [6.45, 7) is 0. The lowest BCUT2D eigenvalue weighted by molar-refractivity contribution is 0.262. The molecule has 0 saturated heterocycles. The van der Waals surface area contributed by atoms with Crippen LogP contribution in [0.2, 0.25) is 5.02 Å². The second kappa shape index (κ2) is 9.25. The third-order valence-electron chi connectivity index (χ3n) is 5.15. The summed E-state index contributed by atoms with van der Waals surface area (Å²) in [6.07, 6.45) is 0. The van der Waals surface area contributed by atoms with Crippen molar-refractivity contribution in [1.82, 2.24) is 10.2 Å². The van der Waals surface area contributed by atoms with Gasteiger partial charge >= 0.3 is 6.03 Å². The number of rotatable bonds is 5. The Balaban J connectivity index is 1.33. The van der Waals surface area contributed by atoms with E-state index in [1.54, 1.807) is 30.3 Å². The van der Waals surface area contributed by atoms with Crippen LogP contribution in [0.25, 0.3) is 22.0 Å². The van der Waals surface area contributed by atoms with Gasteiger partial charge in [-0.25, -0.2) is 9.18 Å². The maximum atomic E-state index is 14.9. The number of halogens is 2. The highest BCUT2D eigenvalue weighted by Crippen LogP contribution is 2.36. The number of H-pyrrole nitrogens is 1. The molecule has 1 aromatic heterocycles. The molecule has 1 heterocycles. The van der Waals surface area contributed by atoms with Crippen molar-refractivity contribution in [1.29, 1.82) is 0 Å². The number of urea groups is 1. The van der Waals surface area contributed by atoms with Crippen LogP contribution < -0.4 is 15.4 Å². The van der Waals surface area contributed by atoms with Crippen LogP contribution in [0.15, 0.2) is 91.0 Å². The van der Waals surface area contributed by atoms with Crippen molar-refractivity contribution in [3.63, 3.8) is 0 Å². The number of para-hydroxylation sites is 1. The van der Waals surface area contributed by atoms with E-state index in [1.807, 2.05) is 60.7 Å². The zero-order valence-electron chi connectivity index (χ0n) is 17.7. The SMILES string of the molecule is O=C(Nc1ccc(Oc2ccccc2)cc1)Nc1n[nH]c2c(F)c(Cl)c(-c3ccccc3)cc12. The van der Waals surface area contributed by atoms with Crippen LogP contribution >= 0.6 is 11.6 Å². The van der Waals surface area contributed by atoms with Gasteiger partial charge in [-0.3, -0.25) is 10.4 Å². The van der Waals surface area contributed by atoms with Gasteiger partial charge in [0.05, 0.1) is 5.02 Å². The third kappa shape index (κ3) is 4.42. The molecule has 168 valence electrons. The summed E-state index contributed by atoms with van der Waals surface area (Å²) < 4.78 is 20.6. The molecule has 5 rings (SSSR count). The maximum Gasteiger partial charge on any atom is 0.324 e. The number of hydrogen-bond acceptors (Lipinski definition) is 3. The molecule has 0 atom stereocenters. The molecule has 0 radical (unpaired) electrons. The van der Waals surface area contributed by atoms with Crippen molar-refractivity contribution in [2.75, 3.05) is 10.6 Å². The number of fused-ring (bicyclic) bond motifs is 1. The monoisotopic (exact) mass is 472 g/mol. The third-order valence-corrected chi connectivity index (χ3v) is 5.52. The lowest BCUT2D eigenvalue weighted by Gasteiger charge is -2.09. The van der Waals surface area contributed by atoms with Crippen LogP contribution in [0.4, 0.5) is 20.7 Å². The first-order valence-corrected chi connectivity index (χ1v) is 10.8. The summed E-state index contributed by atoms with van der Waals surface area (Å²) in [7, 11) is 0. The minimum atomic E-state index is -0.631. The molecular formula is C26H18ClFN4O2. The fourth-order valence-electron chi connectivity index (χ4n) is 3.52. The number of amides is 2. The molecule has 3 N–H and O–H groups in total. The first-order chi connectivity index (χ1) is 16.6. The predicted molar refractivity (Wildman–Crippen MR) is 132 cm³/mol. The van der Waals surface area contributed by atoms with E-state index in [9.17, 15) is 9.18 Å². The molecule has 2 amide bonds. The maximum absolute atomic E-state index is 14.9. The summed E-state index contributed by atoms with van der Waals surface area (Å²) in [5, 5.41) is 12.4. The van der Waals surface area contributed by atoms with Crippen LogP contribution in [0.1, 0.15) is 0 Å². The van der Waals surface area contributed by atoms with Crippen molar-refractivity contribution >= 4 is 40.0 Å². The van der Waals surface area contributed by atoms with Gasteiger partial charge in [-0.2, -0.15) is 5.10 Å². The minimum Gasteiger partial charge on any atom is -0.457 e. The molecule has 0 aliphatic heterocycles. The first-order valence-electron chi connectivity index (χ1n) is 10.4. The lowest BCUT2D eigenvalue weighted by atomic mass is 10.0. The van der Waals surface area contributed by atoms with Crippen LogP contribution in [-0.2, 0) is 0 Å². The summed E-state index contributed by atoms with van der Waals surface area (Å²) in [6, 6.07) is 26.7. The molecule has 6 nitrogen and oxygen atoms in total. The van der Waals surface area contributed by atoms with E-state index in [0.717, 1.165) is 5.56 Å². The highest BCUT2D eigenvalue weighted by Gasteiger charge is 2.19. The second-order valence-corrected chi connectivity index (χ2v) is 7.81. The molecule has 0 fully saturated rings.